The maximum Gasteiger partial charge on any atom is 0.319 e. The van der Waals surface area contributed by atoms with Crippen molar-refractivity contribution in [1.82, 2.24) is 10.6 Å². The largest absolute Gasteiger partial charge is 0.355 e. The third kappa shape index (κ3) is 2.96. The molecule has 1 aliphatic rings. The van der Waals surface area contributed by atoms with Gasteiger partial charge in [-0.25, -0.2) is 4.79 Å². The zero-order valence-electron chi connectivity index (χ0n) is 9.62. The number of nitrogens with one attached hydrogen (secondary N) is 3. The second-order valence-corrected chi connectivity index (χ2v) is 4.00. The molecule has 0 heterocycles. The Bertz CT molecular complexity index is 441. The van der Waals surface area contributed by atoms with Crippen molar-refractivity contribution < 1.29 is 9.59 Å². The Morgan fingerprint density at radius 3 is 2.59 bits per heavy atom. The van der Waals surface area contributed by atoms with Crippen LogP contribution >= 0.6 is 0 Å². The molecule has 1 aromatic rings. The lowest BCUT2D eigenvalue weighted by molar-refractivity contribution is 0.0964. The van der Waals surface area contributed by atoms with Gasteiger partial charge in [-0.15, -0.1) is 0 Å². The van der Waals surface area contributed by atoms with Gasteiger partial charge in [-0.2, -0.15) is 0 Å². The summed E-state index contributed by atoms with van der Waals surface area (Å²) in [5, 5.41) is 8.03. The summed E-state index contributed by atoms with van der Waals surface area (Å²) >= 11 is 0. The van der Waals surface area contributed by atoms with E-state index in [0.717, 1.165) is 12.8 Å². The first-order valence-electron chi connectivity index (χ1n) is 5.59. The van der Waals surface area contributed by atoms with Crippen LogP contribution in [-0.4, -0.2) is 25.0 Å². The highest BCUT2D eigenvalue weighted by Crippen LogP contribution is 2.19. The number of para-hydroxylation sites is 1. The van der Waals surface area contributed by atoms with Crippen LogP contribution < -0.4 is 16.0 Å². The number of urea groups is 1. The molecular weight excluding hydrogens is 218 g/mol. The van der Waals surface area contributed by atoms with E-state index < -0.39 is 0 Å². The van der Waals surface area contributed by atoms with Gasteiger partial charge in [0.15, 0.2) is 0 Å². The van der Waals surface area contributed by atoms with Crippen LogP contribution in [0.5, 0.6) is 0 Å². The van der Waals surface area contributed by atoms with Crippen molar-refractivity contribution in [2.75, 3.05) is 12.4 Å². The summed E-state index contributed by atoms with van der Waals surface area (Å²) in [6.07, 6.45) is 2.06. The van der Waals surface area contributed by atoms with Gasteiger partial charge in [0, 0.05) is 13.1 Å². The van der Waals surface area contributed by atoms with Crippen LogP contribution in [0.3, 0.4) is 0 Å². The van der Waals surface area contributed by atoms with Gasteiger partial charge in [-0.05, 0) is 25.0 Å². The molecule has 0 unspecified atom stereocenters. The monoisotopic (exact) mass is 233 g/mol. The summed E-state index contributed by atoms with van der Waals surface area (Å²) in [5.74, 6) is -0.215. The van der Waals surface area contributed by atoms with E-state index in [2.05, 4.69) is 16.0 Å². The van der Waals surface area contributed by atoms with Gasteiger partial charge < -0.3 is 16.0 Å². The molecule has 0 bridgehead atoms. The Balaban J connectivity index is 2.08. The molecule has 1 aromatic carbocycles. The Hall–Kier alpha value is -2.04. The Labute approximate surface area is 99.6 Å². The first-order chi connectivity index (χ1) is 8.20. The van der Waals surface area contributed by atoms with E-state index in [4.69, 9.17) is 0 Å². The van der Waals surface area contributed by atoms with Gasteiger partial charge in [0.25, 0.3) is 5.91 Å². The number of benzene rings is 1. The van der Waals surface area contributed by atoms with Gasteiger partial charge in [-0.1, -0.05) is 12.1 Å². The fourth-order valence-electron chi connectivity index (χ4n) is 1.50. The van der Waals surface area contributed by atoms with Crippen molar-refractivity contribution in [1.29, 1.82) is 0 Å². The van der Waals surface area contributed by atoms with Gasteiger partial charge >= 0.3 is 6.03 Å². The third-order valence-corrected chi connectivity index (χ3v) is 2.56. The van der Waals surface area contributed by atoms with Crippen molar-refractivity contribution in [2.24, 2.45) is 0 Å². The average Bonchev–Trinajstić information content (AvgIpc) is 3.12. The van der Waals surface area contributed by atoms with Gasteiger partial charge in [0.1, 0.15) is 0 Å². The molecule has 1 fully saturated rings. The van der Waals surface area contributed by atoms with Crippen molar-refractivity contribution in [3.8, 4) is 0 Å². The maximum atomic E-state index is 11.6. The summed E-state index contributed by atoms with van der Waals surface area (Å²) in [7, 11) is 1.56. The second-order valence-electron chi connectivity index (χ2n) is 4.00. The normalized spacial score (nSPS) is 13.9. The molecule has 0 atom stereocenters. The molecule has 0 aromatic heterocycles. The lowest BCUT2D eigenvalue weighted by Crippen LogP contribution is -2.31. The van der Waals surface area contributed by atoms with Gasteiger partial charge in [0.2, 0.25) is 0 Å². The van der Waals surface area contributed by atoms with E-state index in [1.165, 1.54) is 0 Å². The fraction of sp³-hybridized carbons (Fsp3) is 0.333. The fourth-order valence-corrected chi connectivity index (χ4v) is 1.50. The summed E-state index contributed by atoms with van der Waals surface area (Å²) < 4.78 is 0. The Morgan fingerprint density at radius 1 is 1.24 bits per heavy atom. The molecule has 17 heavy (non-hydrogen) atoms. The average molecular weight is 233 g/mol. The van der Waals surface area contributed by atoms with E-state index in [1.54, 1.807) is 31.3 Å². The number of carbonyl (C=O) groups is 2. The number of hydrogen-bond donors (Lipinski definition) is 3. The summed E-state index contributed by atoms with van der Waals surface area (Å²) in [5.41, 5.74) is 0.978. The second kappa shape index (κ2) is 4.86. The van der Waals surface area contributed by atoms with E-state index in [1.807, 2.05) is 0 Å². The van der Waals surface area contributed by atoms with Crippen molar-refractivity contribution in [2.45, 2.75) is 18.9 Å². The first kappa shape index (κ1) is 11.4. The van der Waals surface area contributed by atoms with Gasteiger partial charge in [0.05, 0.1) is 11.3 Å². The molecule has 2 rings (SSSR count). The molecule has 3 amide bonds. The molecule has 1 saturated carbocycles. The highest BCUT2D eigenvalue weighted by Gasteiger charge is 2.23. The van der Waals surface area contributed by atoms with Crippen LogP contribution in [0.2, 0.25) is 0 Å². The molecule has 5 nitrogen and oxygen atoms in total. The van der Waals surface area contributed by atoms with Crippen LogP contribution in [0.25, 0.3) is 0 Å². The van der Waals surface area contributed by atoms with Crippen LogP contribution in [0.15, 0.2) is 24.3 Å². The predicted octanol–water partition coefficient (Wildman–Crippen LogP) is 1.33. The van der Waals surface area contributed by atoms with Crippen LogP contribution in [-0.2, 0) is 0 Å². The molecule has 3 N–H and O–H groups in total. The zero-order valence-corrected chi connectivity index (χ0v) is 9.62. The predicted molar refractivity (Wildman–Crippen MR) is 65.0 cm³/mol. The number of carbonyl (C=O) groups excluding carboxylic acids is 2. The van der Waals surface area contributed by atoms with E-state index in [0.29, 0.717) is 17.3 Å². The molecule has 0 saturated heterocycles. The van der Waals surface area contributed by atoms with E-state index >= 15 is 0 Å². The Morgan fingerprint density at radius 2 is 1.94 bits per heavy atom. The van der Waals surface area contributed by atoms with E-state index in [9.17, 15) is 9.59 Å². The SMILES string of the molecule is CNC(=O)c1ccccc1NC(=O)NC1CC1. The third-order valence-electron chi connectivity index (χ3n) is 2.56. The highest BCUT2D eigenvalue weighted by atomic mass is 16.2. The maximum absolute atomic E-state index is 11.6. The molecule has 0 radical (unpaired) electrons. The van der Waals surface area contributed by atoms with Crippen LogP contribution in [0, 0.1) is 0 Å². The molecular formula is C12H15N3O2. The first-order valence-corrected chi connectivity index (χ1v) is 5.59. The standard InChI is InChI=1S/C12H15N3O2/c1-13-11(16)9-4-2-3-5-10(9)15-12(17)14-8-6-7-8/h2-5,8H,6-7H2,1H3,(H,13,16)(H2,14,15,17). The minimum Gasteiger partial charge on any atom is -0.355 e. The summed E-state index contributed by atoms with van der Waals surface area (Å²) in [6.45, 7) is 0. The number of anilines is 1. The number of rotatable bonds is 3. The van der Waals surface area contributed by atoms with Crippen LogP contribution in [0.4, 0.5) is 10.5 Å². The smallest absolute Gasteiger partial charge is 0.319 e. The minimum atomic E-state index is -0.260. The van der Waals surface area contributed by atoms with E-state index in [-0.39, 0.29) is 11.9 Å². The number of hydrogen-bond acceptors (Lipinski definition) is 2. The summed E-state index contributed by atoms with van der Waals surface area (Å²) in [4.78, 5) is 23.1. The zero-order chi connectivity index (χ0) is 12.3. The quantitative estimate of drug-likeness (QED) is 0.737. The van der Waals surface area contributed by atoms with Crippen molar-refractivity contribution in [3.05, 3.63) is 29.8 Å². The van der Waals surface area contributed by atoms with Crippen molar-refractivity contribution >= 4 is 17.6 Å². The van der Waals surface area contributed by atoms with Crippen LogP contribution in [0.1, 0.15) is 23.2 Å². The lowest BCUT2D eigenvalue weighted by Gasteiger charge is -2.10. The number of amides is 3. The van der Waals surface area contributed by atoms with Crippen molar-refractivity contribution in [3.63, 3.8) is 0 Å². The molecule has 1 aliphatic carbocycles. The molecule has 90 valence electrons. The molecule has 0 aliphatic heterocycles. The summed E-state index contributed by atoms with van der Waals surface area (Å²) in [6, 6.07) is 6.95. The molecule has 5 heteroatoms. The minimum absolute atomic E-state index is 0.215. The topological polar surface area (TPSA) is 70.2 Å². The lowest BCUT2D eigenvalue weighted by atomic mass is 10.1. The molecule has 0 spiro atoms. The van der Waals surface area contributed by atoms with Gasteiger partial charge in [-0.3, -0.25) is 4.79 Å². The Kier molecular flexibility index (Phi) is 3.27. The highest BCUT2D eigenvalue weighted by molar-refractivity contribution is 6.03.